The lowest BCUT2D eigenvalue weighted by atomic mass is 10.2. The summed E-state index contributed by atoms with van der Waals surface area (Å²) in [6.45, 7) is 0. The number of carbonyl (C=O) groups excluding carboxylic acids is 1. The summed E-state index contributed by atoms with van der Waals surface area (Å²) in [5.74, 6) is 0.0310. The lowest BCUT2D eigenvalue weighted by Crippen LogP contribution is -2.16. The second-order valence-electron chi connectivity index (χ2n) is 2.96. The van der Waals surface area contributed by atoms with Gasteiger partial charge in [0, 0.05) is 18.6 Å². The summed E-state index contributed by atoms with van der Waals surface area (Å²) in [5.41, 5.74) is 5.86. The van der Waals surface area contributed by atoms with E-state index in [2.05, 4.69) is 20.3 Å². The second kappa shape index (κ2) is 4.35. The molecule has 3 N–H and O–H groups in total. The number of hydrogen-bond acceptors (Lipinski definition) is 5. The van der Waals surface area contributed by atoms with Gasteiger partial charge in [0.15, 0.2) is 0 Å². The molecule has 6 heteroatoms. The van der Waals surface area contributed by atoms with Crippen LogP contribution < -0.4 is 11.1 Å². The van der Waals surface area contributed by atoms with E-state index in [1.54, 1.807) is 18.2 Å². The van der Waals surface area contributed by atoms with Gasteiger partial charge >= 0.3 is 0 Å². The molecule has 0 aromatic carbocycles. The Morgan fingerprint density at radius 1 is 1.12 bits per heavy atom. The van der Waals surface area contributed by atoms with Gasteiger partial charge in [-0.15, -0.1) is 0 Å². The van der Waals surface area contributed by atoms with Gasteiger partial charge in [-0.3, -0.25) is 10.1 Å². The third-order valence-corrected chi connectivity index (χ3v) is 1.87. The summed E-state index contributed by atoms with van der Waals surface area (Å²) < 4.78 is 0. The SMILES string of the molecule is Nc1ncccc1C(=O)Nc1ncccn1. The van der Waals surface area contributed by atoms with E-state index in [1.807, 2.05) is 0 Å². The number of aromatic nitrogens is 3. The standard InChI is InChI=1S/C10H9N5O/c11-8-7(3-1-4-12-8)9(16)15-10-13-5-2-6-14-10/h1-6H,(H2,11,12)(H,13,14,15,16). The molecule has 2 heterocycles. The number of hydrogen-bond donors (Lipinski definition) is 2. The van der Waals surface area contributed by atoms with Gasteiger partial charge in [-0.05, 0) is 18.2 Å². The summed E-state index contributed by atoms with van der Waals surface area (Å²) in [4.78, 5) is 23.3. The van der Waals surface area contributed by atoms with Crippen LogP contribution in [0.4, 0.5) is 11.8 Å². The first kappa shape index (κ1) is 10.0. The van der Waals surface area contributed by atoms with E-state index >= 15 is 0 Å². The van der Waals surface area contributed by atoms with Gasteiger partial charge in [-0.1, -0.05) is 0 Å². The highest BCUT2D eigenvalue weighted by atomic mass is 16.1. The van der Waals surface area contributed by atoms with Crippen LogP contribution in [-0.4, -0.2) is 20.9 Å². The van der Waals surface area contributed by atoms with Crippen LogP contribution in [0.1, 0.15) is 10.4 Å². The molecule has 0 spiro atoms. The molecule has 80 valence electrons. The molecular formula is C10H9N5O. The molecule has 0 bridgehead atoms. The zero-order valence-electron chi connectivity index (χ0n) is 8.29. The molecule has 2 rings (SSSR count). The minimum atomic E-state index is -0.378. The molecule has 0 fully saturated rings. The summed E-state index contributed by atoms with van der Waals surface area (Å²) >= 11 is 0. The van der Waals surface area contributed by atoms with Crippen LogP contribution in [0.25, 0.3) is 0 Å². The largest absolute Gasteiger partial charge is 0.383 e. The van der Waals surface area contributed by atoms with Gasteiger partial charge < -0.3 is 5.73 Å². The van der Waals surface area contributed by atoms with Gasteiger partial charge in [-0.25, -0.2) is 15.0 Å². The fourth-order valence-electron chi connectivity index (χ4n) is 1.14. The van der Waals surface area contributed by atoms with Crippen molar-refractivity contribution in [1.82, 2.24) is 15.0 Å². The molecule has 2 aromatic rings. The van der Waals surface area contributed by atoms with Crippen molar-refractivity contribution in [1.29, 1.82) is 0 Å². The maximum Gasteiger partial charge on any atom is 0.261 e. The first-order chi connectivity index (χ1) is 7.77. The number of nitrogen functional groups attached to an aromatic ring is 1. The smallest absolute Gasteiger partial charge is 0.261 e. The number of rotatable bonds is 2. The van der Waals surface area contributed by atoms with E-state index in [9.17, 15) is 4.79 Å². The monoisotopic (exact) mass is 215 g/mol. The molecule has 0 saturated heterocycles. The van der Waals surface area contributed by atoms with E-state index in [-0.39, 0.29) is 17.7 Å². The first-order valence-corrected chi connectivity index (χ1v) is 4.56. The predicted molar refractivity (Wildman–Crippen MR) is 58.6 cm³/mol. The van der Waals surface area contributed by atoms with E-state index in [0.29, 0.717) is 5.56 Å². The molecule has 1 amide bonds. The molecule has 0 aliphatic rings. The molecule has 0 aliphatic carbocycles. The van der Waals surface area contributed by atoms with Gasteiger partial charge in [0.25, 0.3) is 5.91 Å². The molecule has 0 radical (unpaired) electrons. The highest BCUT2D eigenvalue weighted by Crippen LogP contribution is 2.08. The van der Waals surface area contributed by atoms with Crippen molar-refractivity contribution >= 4 is 17.7 Å². The Labute approximate surface area is 91.6 Å². The van der Waals surface area contributed by atoms with Crippen LogP contribution >= 0.6 is 0 Å². The average molecular weight is 215 g/mol. The lowest BCUT2D eigenvalue weighted by Gasteiger charge is -2.04. The molecule has 0 unspecified atom stereocenters. The van der Waals surface area contributed by atoms with E-state index in [1.165, 1.54) is 18.6 Å². The van der Waals surface area contributed by atoms with Crippen molar-refractivity contribution in [3.8, 4) is 0 Å². The minimum absolute atomic E-state index is 0.177. The normalized spacial score (nSPS) is 9.75. The van der Waals surface area contributed by atoms with Gasteiger partial charge in [-0.2, -0.15) is 0 Å². The minimum Gasteiger partial charge on any atom is -0.383 e. The van der Waals surface area contributed by atoms with Crippen LogP contribution in [0.3, 0.4) is 0 Å². The van der Waals surface area contributed by atoms with Crippen molar-refractivity contribution in [3.63, 3.8) is 0 Å². The van der Waals surface area contributed by atoms with Crippen molar-refractivity contribution in [2.75, 3.05) is 11.1 Å². The molecule has 2 aromatic heterocycles. The zero-order valence-corrected chi connectivity index (χ0v) is 8.29. The Kier molecular flexibility index (Phi) is 2.73. The van der Waals surface area contributed by atoms with Gasteiger partial charge in [0.2, 0.25) is 5.95 Å². The number of nitrogens with two attached hydrogens (primary N) is 1. The number of nitrogens with zero attached hydrogens (tertiary/aromatic N) is 3. The van der Waals surface area contributed by atoms with Crippen molar-refractivity contribution < 1.29 is 4.79 Å². The molecule has 0 atom stereocenters. The summed E-state index contributed by atoms with van der Waals surface area (Å²) in [6.07, 6.45) is 4.59. The predicted octanol–water partition coefficient (Wildman–Crippen LogP) is 0.706. The molecular weight excluding hydrogens is 206 g/mol. The van der Waals surface area contributed by atoms with Crippen LogP contribution in [0.5, 0.6) is 0 Å². The summed E-state index contributed by atoms with van der Waals surface area (Å²) in [7, 11) is 0. The fourth-order valence-corrected chi connectivity index (χ4v) is 1.14. The lowest BCUT2D eigenvalue weighted by molar-refractivity contribution is 0.102. The third kappa shape index (κ3) is 2.11. The Balaban J connectivity index is 2.19. The average Bonchev–Trinajstić information content (AvgIpc) is 2.31. The summed E-state index contributed by atoms with van der Waals surface area (Å²) in [5, 5.41) is 2.52. The zero-order chi connectivity index (χ0) is 11.4. The molecule has 6 nitrogen and oxygen atoms in total. The number of amides is 1. The first-order valence-electron chi connectivity index (χ1n) is 4.56. The van der Waals surface area contributed by atoms with Crippen molar-refractivity contribution in [3.05, 3.63) is 42.4 Å². The molecule has 16 heavy (non-hydrogen) atoms. The Bertz CT molecular complexity index is 500. The Morgan fingerprint density at radius 3 is 2.50 bits per heavy atom. The third-order valence-electron chi connectivity index (χ3n) is 1.87. The maximum atomic E-state index is 11.7. The quantitative estimate of drug-likeness (QED) is 0.769. The highest BCUT2D eigenvalue weighted by molar-refractivity contribution is 6.06. The fraction of sp³-hybridized carbons (Fsp3) is 0. The van der Waals surface area contributed by atoms with Crippen LogP contribution in [0.2, 0.25) is 0 Å². The van der Waals surface area contributed by atoms with Crippen LogP contribution in [0, 0.1) is 0 Å². The van der Waals surface area contributed by atoms with Crippen molar-refractivity contribution in [2.24, 2.45) is 0 Å². The number of anilines is 2. The van der Waals surface area contributed by atoms with Crippen LogP contribution in [-0.2, 0) is 0 Å². The van der Waals surface area contributed by atoms with Gasteiger partial charge in [0.1, 0.15) is 5.82 Å². The van der Waals surface area contributed by atoms with Crippen LogP contribution in [0.15, 0.2) is 36.8 Å². The van der Waals surface area contributed by atoms with E-state index < -0.39 is 0 Å². The second-order valence-corrected chi connectivity index (χ2v) is 2.96. The van der Waals surface area contributed by atoms with E-state index in [0.717, 1.165) is 0 Å². The topological polar surface area (TPSA) is 93.8 Å². The van der Waals surface area contributed by atoms with Crippen molar-refractivity contribution in [2.45, 2.75) is 0 Å². The Hall–Kier alpha value is -2.50. The maximum absolute atomic E-state index is 11.7. The Morgan fingerprint density at radius 2 is 1.81 bits per heavy atom. The summed E-state index contributed by atoms with van der Waals surface area (Å²) in [6, 6.07) is 4.88. The van der Waals surface area contributed by atoms with E-state index in [4.69, 9.17) is 5.73 Å². The molecule has 0 aliphatic heterocycles. The number of carbonyl (C=O) groups is 1. The number of pyridine rings is 1. The highest BCUT2D eigenvalue weighted by Gasteiger charge is 2.10. The van der Waals surface area contributed by atoms with Gasteiger partial charge in [0.05, 0.1) is 5.56 Å². The number of nitrogens with one attached hydrogen (secondary N) is 1. The molecule has 0 saturated carbocycles.